The number of nitrogens with one attached hydrogen (secondary N) is 1. The van der Waals surface area contributed by atoms with Crippen molar-refractivity contribution in [1.82, 2.24) is 10.3 Å². The van der Waals surface area contributed by atoms with E-state index in [-0.39, 0.29) is 6.10 Å². The fraction of sp³-hybridized carbons (Fsp3) is 0.643. The van der Waals surface area contributed by atoms with Crippen LogP contribution in [0, 0.1) is 0 Å². The van der Waals surface area contributed by atoms with Crippen LogP contribution in [0.2, 0.25) is 0 Å². The Hall–Kier alpha value is -0.650. The van der Waals surface area contributed by atoms with Gasteiger partial charge >= 0.3 is 0 Å². The van der Waals surface area contributed by atoms with E-state index in [9.17, 15) is 0 Å². The quantitative estimate of drug-likeness (QED) is 0.922. The van der Waals surface area contributed by atoms with Gasteiger partial charge in [0.05, 0.1) is 18.8 Å². The molecule has 0 radical (unpaired) electrons. The monoisotopic (exact) mass is 327 g/mol. The summed E-state index contributed by atoms with van der Waals surface area (Å²) in [5, 5.41) is 3.38. The molecule has 106 valence electrons. The minimum Gasteiger partial charge on any atom is -0.375 e. The van der Waals surface area contributed by atoms with E-state index in [1.54, 1.807) is 0 Å². The Balaban J connectivity index is 2.26. The lowest BCUT2D eigenvalue weighted by Gasteiger charge is -2.38. The Morgan fingerprint density at radius 1 is 1.53 bits per heavy atom. The van der Waals surface area contributed by atoms with Gasteiger partial charge in [0, 0.05) is 29.3 Å². The summed E-state index contributed by atoms with van der Waals surface area (Å²) in [5.41, 5.74) is 1.23. The van der Waals surface area contributed by atoms with E-state index >= 15 is 0 Å². The molecule has 0 aromatic carbocycles. The van der Waals surface area contributed by atoms with Crippen LogP contribution in [0.3, 0.4) is 0 Å². The highest BCUT2D eigenvalue weighted by Gasteiger charge is 2.26. The number of nitrogens with zero attached hydrogens (tertiary/aromatic N) is 2. The molecule has 1 aromatic rings. The van der Waals surface area contributed by atoms with E-state index in [2.05, 4.69) is 58.0 Å². The molecule has 2 heterocycles. The van der Waals surface area contributed by atoms with E-state index in [1.807, 2.05) is 6.20 Å². The standard InChI is InChI=1S/C14H22BrN3O/c1-4-16-6-12-5-13(15)7-17-14(12)18-8-11(3)19-9-10(18)2/h5,7,10-11,16H,4,6,8-9H2,1-3H3. The van der Waals surface area contributed by atoms with E-state index in [1.165, 1.54) is 5.56 Å². The highest BCUT2D eigenvalue weighted by molar-refractivity contribution is 9.10. The second-order valence-electron chi connectivity index (χ2n) is 5.06. The SMILES string of the molecule is CCNCc1cc(Br)cnc1N1CC(C)OCC1C. The minimum atomic E-state index is 0.258. The lowest BCUT2D eigenvalue weighted by Crippen LogP contribution is -2.48. The van der Waals surface area contributed by atoms with Gasteiger partial charge in [0.15, 0.2) is 0 Å². The Kier molecular flexibility index (Phi) is 5.19. The van der Waals surface area contributed by atoms with Crippen LogP contribution in [0.5, 0.6) is 0 Å². The Morgan fingerprint density at radius 3 is 3.05 bits per heavy atom. The molecule has 2 rings (SSSR count). The molecule has 1 fully saturated rings. The van der Waals surface area contributed by atoms with Crippen LogP contribution in [-0.2, 0) is 11.3 Å². The zero-order valence-electron chi connectivity index (χ0n) is 11.8. The molecule has 2 atom stereocenters. The van der Waals surface area contributed by atoms with Crippen molar-refractivity contribution in [2.24, 2.45) is 0 Å². The third kappa shape index (κ3) is 3.68. The van der Waals surface area contributed by atoms with Crippen molar-refractivity contribution in [2.45, 2.75) is 39.5 Å². The molecule has 1 N–H and O–H groups in total. The molecule has 1 aromatic heterocycles. The summed E-state index contributed by atoms with van der Waals surface area (Å²) in [6.07, 6.45) is 2.13. The lowest BCUT2D eigenvalue weighted by molar-refractivity contribution is 0.0339. The molecule has 0 spiro atoms. The second kappa shape index (κ2) is 6.68. The molecule has 5 heteroatoms. The van der Waals surface area contributed by atoms with E-state index < -0.39 is 0 Å². The molecule has 19 heavy (non-hydrogen) atoms. The Bertz CT molecular complexity index is 427. The van der Waals surface area contributed by atoms with Crippen LogP contribution >= 0.6 is 15.9 Å². The zero-order valence-corrected chi connectivity index (χ0v) is 13.4. The number of halogens is 1. The maximum Gasteiger partial charge on any atom is 0.133 e. The van der Waals surface area contributed by atoms with Crippen molar-refractivity contribution in [3.63, 3.8) is 0 Å². The summed E-state index contributed by atoms with van der Waals surface area (Å²) in [7, 11) is 0. The van der Waals surface area contributed by atoms with Crippen LogP contribution < -0.4 is 10.2 Å². The predicted octanol–water partition coefficient (Wildman–Crippen LogP) is 2.57. The highest BCUT2D eigenvalue weighted by Crippen LogP contribution is 2.26. The maximum absolute atomic E-state index is 5.69. The summed E-state index contributed by atoms with van der Waals surface area (Å²) in [6, 6.07) is 2.52. The van der Waals surface area contributed by atoms with Crippen molar-refractivity contribution >= 4 is 21.7 Å². The van der Waals surface area contributed by atoms with Crippen molar-refractivity contribution in [1.29, 1.82) is 0 Å². The van der Waals surface area contributed by atoms with Gasteiger partial charge in [0.2, 0.25) is 0 Å². The van der Waals surface area contributed by atoms with Crippen molar-refractivity contribution in [2.75, 3.05) is 24.6 Å². The van der Waals surface area contributed by atoms with E-state index in [4.69, 9.17) is 4.74 Å². The summed E-state index contributed by atoms with van der Waals surface area (Å²) < 4.78 is 6.72. The largest absolute Gasteiger partial charge is 0.375 e. The van der Waals surface area contributed by atoms with Gasteiger partial charge in [-0.1, -0.05) is 6.92 Å². The first-order valence-electron chi connectivity index (χ1n) is 6.85. The fourth-order valence-electron chi connectivity index (χ4n) is 2.32. The molecular weight excluding hydrogens is 306 g/mol. The first-order chi connectivity index (χ1) is 9.11. The Labute approximate surface area is 123 Å². The Morgan fingerprint density at radius 2 is 2.32 bits per heavy atom. The van der Waals surface area contributed by atoms with Crippen molar-refractivity contribution in [3.8, 4) is 0 Å². The number of pyridine rings is 1. The topological polar surface area (TPSA) is 37.4 Å². The van der Waals surface area contributed by atoms with Gasteiger partial charge in [-0.3, -0.25) is 0 Å². The third-order valence-corrected chi connectivity index (χ3v) is 3.79. The fourth-order valence-corrected chi connectivity index (χ4v) is 2.70. The number of rotatable bonds is 4. The molecule has 0 saturated carbocycles. The molecular formula is C14H22BrN3O. The summed E-state index contributed by atoms with van der Waals surface area (Å²) >= 11 is 3.51. The number of hydrogen-bond donors (Lipinski definition) is 1. The van der Waals surface area contributed by atoms with Gasteiger partial charge in [-0.05, 0) is 42.4 Å². The first kappa shape index (κ1) is 14.8. The molecule has 1 saturated heterocycles. The van der Waals surface area contributed by atoms with Gasteiger partial charge in [-0.15, -0.1) is 0 Å². The van der Waals surface area contributed by atoms with E-state index in [0.29, 0.717) is 6.04 Å². The van der Waals surface area contributed by atoms with Crippen molar-refractivity contribution < 1.29 is 4.74 Å². The van der Waals surface area contributed by atoms with Gasteiger partial charge in [0.25, 0.3) is 0 Å². The summed E-state index contributed by atoms with van der Waals surface area (Å²) in [4.78, 5) is 6.98. The number of ether oxygens (including phenoxy) is 1. The van der Waals surface area contributed by atoms with Gasteiger partial charge in [-0.25, -0.2) is 4.98 Å². The van der Waals surface area contributed by atoms with Crippen LogP contribution in [0.4, 0.5) is 5.82 Å². The van der Waals surface area contributed by atoms with Crippen LogP contribution in [0.25, 0.3) is 0 Å². The first-order valence-corrected chi connectivity index (χ1v) is 7.64. The number of anilines is 1. The number of hydrogen-bond acceptors (Lipinski definition) is 4. The predicted molar refractivity (Wildman–Crippen MR) is 81.5 cm³/mol. The smallest absolute Gasteiger partial charge is 0.133 e. The average Bonchev–Trinajstić information content (AvgIpc) is 2.39. The number of aromatic nitrogens is 1. The summed E-state index contributed by atoms with van der Waals surface area (Å²) in [6.45, 7) is 9.88. The van der Waals surface area contributed by atoms with Crippen LogP contribution in [0.1, 0.15) is 26.3 Å². The summed E-state index contributed by atoms with van der Waals surface area (Å²) in [5.74, 6) is 1.08. The molecule has 4 nitrogen and oxygen atoms in total. The average molecular weight is 328 g/mol. The normalized spacial score (nSPS) is 23.7. The molecule has 1 aliphatic heterocycles. The number of morpholine rings is 1. The highest BCUT2D eigenvalue weighted by atomic mass is 79.9. The van der Waals surface area contributed by atoms with E-state index in [0.717, 1.165) is 36.5 Å². The molecule has 1 aliphatic rings. The van der Waals surface area contributed by atoms with Gasteiger partial charge < -0.3 is 15.0 Å². The lowest BCUT2D eigenvalue weighted by atomic mass is 10.1. The molecule has 0 bridgehead atoms. The third-order valence-electron chi connectivity index (χ3n) is 3.35. The second-order valence-corrected chi connectivity index (χ2v) is 5.98. The van der Waals surface area contributed by atoms with Crippen LogP contribution in [0.15, 0.2) is 16.7 Å². The molecule has 2 unspecified atom stereocenters. The van der Waals surface area contributed by atoms with Crippen molar-refractivity contribution in [3.05, 3.63) is 22.3 Å². The molecule has 0 aliphatic carbocycles. The zero-order chi connectivity index (χ0) is 13.8. The molecule has 0 amide bonds. The minimum absolute atomic E-state index is 0.258. The van der Waals surface area contributed by atoms with Crippen LogP contribution in [-0.4, -0.2) is 36.8 Å². The van der Waals surface area contributed by atoms with Gasteiger partial charge in [0.1, 0.15) is 5.82 Å². The van der Waals surface area contributed by atoms with Gasteiger partial charge in [-0.2, -0.15) is 0 Å². The maximum atomic E-state index is 5.69.